The van der Waals surface area contributed by atoms with E-state index < -0.39 is 12.3 Å². The smallest absolute Gasteiger partial charge is 0.465 e. The maximum absolute atomic E-state index is 13.1. The number of halogens is 3. The number of para-hydroxylation sites is 1. The van der Waals surface area contributed by atoms with Gasteiger partial charge in [-0.3, -0.25) is 0 Å². The number of anilines is 1. The van der Waals surface area contributed by atoms with E-state index in [0.29, 0.717) is 22.6 Å². The molecule has 4 heterocycles. The molecule has 0 spiro atoms. The number of piperidine rings is 1. The van der Waals surface area contributed by atoms with Gasteiger partial charge in [0.15, 0.2) is 0 Å². The predicted molar refractivity (Wildman–Crippen MR) is 138 cm³/mol. The average Bonchev–Trinajstić information content (AvgIpc) is 3.63. The molecule has 8 nitrogen and oxygen atoms in total. The number of hydrogen-bond acceptors (Lipinski definition) is 8. The highest BCUT2D eigenvalue weighted by atomic mass is 19.4. The van der Waals surface area contributed by atoms with Crippen molar-refractivity contribution in [1.29, 1.82) is 0 Å². The molecule has 0 amide bonds. The number of nitrogens with zero attached hydrogens (tertiary/aromatic N) is 3. The van der Waals surface area contributed by atoms with Crippen LogP contribution < -0.4 is 9.64 Å². The second-order valence-electron chi connectivity index (χ2n) is 10.7. The summed E-state index contributed by atoms with van der Waals surface area (Å²) in [6.45, 7) is 2.14. The fourth-order valence-electron chi connectivity index (χ4n) is 6.09. The first-order chi connectivity index (χ1) is 19.2. The normalized spacial score (nSPS) is 22.4. The van der Waals surface area contributed by atoms with Crippen LogP contribution in [0.3, 0.4) is 0 Å². The maximum Gasteiger partial charge on any atom is 0.573 e. The third-order valence-corrected chi connectivity index (χ3v) is 8.00. The van der Waals surface area contributed by atoms with Gasteiger partial charge in [0.1, 0.15) is 23.0 Å². The molecule has 3 atom stereocenters. The predicted octanol–water partition coefficient (Wildman–Crippen LogP) is 6.32. The number of methoxy groups -OCH3 is 1. The Balaban J connectivity index is 1.19. The van der Waals surface area contributed by atoms with Gasteiger partial charge in [-0.2, -0.15) is 0 Å². The first kappa shape index (κ1) is 26.6. The molecular formula is C29H30F3N3O5. The summed E-state index contributed by atoms with van der Waals surface area (Å²) < 4.78 is 60.5. The first-order valence-electron chi connectivity index (χ1n) is 13.5. The van der Waals surface area contributed by atoms with Crippen LogP contribution in [-0.2, 0) is 16.1 Å². The number of rotatable bonds is 8. The van der Waals surface area contributed by atoms with Gasteiger partial charge >= 0.3 is 12.3 Å². The largest absolute Gasteiger partial charge is 0.573 e. The summed E-state index contributed by atoms with van der Waals surface area (Å²) >= 11 is 0. The number of carbonyl (C=O) groups is 1. The highest BCUT2D eigenvalue weighted by Gasteiger charge is 2.43. The highest BCUT2D eigenvalue weighted by molar-refractivity contribution is 5.89. The van der Waals surface area contributed by atoms with Crippen molar-refractivity contribution in [2.75, 3.05) is 12.0 Å². The molecule has 0 N–H and O–H groups in total. The zero-order valence-corrected chi connectivity index (χ0v) is 22.2. The lowest BCUT2D eigenvalue weighted by atomic mass is 9.98. The van der Waals surface area contributed by atoms with Gasteiger partial charge in [0.05, 0.1) is 25.4 Å². The first-order valence-corrected chi connectivity index (χ1v) is 13.5. The Morgan fingerprint density at radius 3 is 2.50 bits per heavy atom. The van der Waals surface area contributed by atoms with Crippen molar-refractivity contribution in [2.24, 2.45) is 0 Å². The molecule has 0 radical (unpaired) electrons. The third kappa shape index (κ3) is 5.26. The molecule has 11 heteroatoms. The van der Waals surface area contributed by atoms with E-state index in [2.05, 4.69) is 19.8 Å². The Morgan fingerprint density at radius 2 is 1.85 bits per heavy atom. The van der Waals surface area contributed by atoms with Crippen LogP contribution in [0.2, 0.25) is 0 Å². The van der Waals surface area contributed by atoms with Gasteiger partial charge < -0.3 is 23.6 Å². The third-order valence-electron chi connectivity index (χ3n) is 8.00. The highest BCUT2D eigenvalue weighted by Crippen LogP contribution is 2.46. The fourth-order valence-corrected chi connectivity index (χ4v) is 6.09. The van der Waals surface area contributed by atoms with E-state index in [1.807, 2.05) is 13.0 Å². The van der Waals surface area contributed by atoms with Crippen molar-refractivity contribution in [3.05, 3.63) is 59.0 Å². The maximum atomic E-state index is 13.1. The SMILES string of the molecule is COC(=O)c1cnc(N2[C@@H]3CC[C@H]2C[C@H](OCc2c(-c4ccccc4OC(F)(F)F)noc2C2CC2)C3)c(C)c1. The number of alkyl halides is 3. The van der Waals surface area contributed by atoms with E-state index in [-0.39, 0.29) is 42.0 Å². The molecule has 2 aliphatic heterocycles. The molecule has 212 valence electrons. The van der Waals surface area contributed by atoms with Crippen LogP contribution in [0.1, 0.15) is 71.7 Å². The molecule has 2 bridgehead atoms. The number of aromatic nitrogens is 2. The monoisotopic (exact) mass is 557 g/mol. The molecule has 1 aromatic carbocycles. The van der Waals surface area contributed by atoms with Gasteiger partial charge in [0, 0.05) is 35.3 Å². The number of carbonyl (C=O) groups excluding carboxylic acids is 1. The van der Waals surface area contributed by atoms with E-state index in [1.54, 1.807) is 18.3 Å². The van der Waals surface area contributed by atoms with E-state index in [9.17, 15) is 18.0 Å². The van der Waals surface area contributed by atoms with Crippen LogP contribution in [0.25, 0.3) is 11.3 Å². The number of fused-ring (bicyclic) bond motifs is 2. The zero-order valence-electron chi connectivity index (χ0n) is 22.2. The summed E-state index contributed by atoms with van der Waals surface area (Å²) in [5, 5.41) is 4.18. The Labute approximate surface area is 229 Å². The van der Waals surface area contributed by atoms with Gasteiger partial charge in [0.2, 0.25) is 0 Å². The van der Waals surface area contributed by atoms with Crippen molar-refractivity contribution < 1.29 is 36.7 Å². The Morgan fingerprint density at radius 1 is 1.12 bits per heavy atom. The second-order valence-corrected chi connectivity index (χ2v) is 10.7. The lowest BCUT2D eigenvalue weighted by Crippen LogP contribution is -2.46. The summed E-state index contributed by atoms with van der Waals surface area (Å²) in [6.07, 6.45) is 2.22. The molecule has 0 unspecified atom stereocenters. The Bertz CT molecular complexity index is 1390. The standard InChI is InChI=1S/C29H30F3N3O5/c1-16-11-18(28(36)37-2)14-33-27(16)35-19-9-10-20(35)13-21(12-19)38-15-23-25(34-40-26(23)17-7-8-17)22-5-3-4-6-24(22)39-29(30,31)32/h3-6,11,14,17,19-21H,7-10,12-13,15H2,1-2H3/t19-,20+,21-. The number of pyridine rings is 1. The molecule has 3 fully saturated rings. The molecule has 1 aliphatic carbocycles. The number of hydrogen-bond donors (Lipinski definition) is 0. The Kier molecular flexibility index (Phi) is 6.93. The van der Waals surface area contributed by atoms with Crippen molar-refractivity contribution in [2.45, 2.75) is 82.5 Å². The van der Waals surface area contributed by atoms with Crippen LogP contribution in [0.5, 0.6) is 5.75 Å². The minimum atomic E-state index is -4.82. The lowest BCUT2D eigenvalue weighted by molar-refractivity contribution is -0.274. The molecule has 3 aliphatic rings. The molecule has 3 aromatic rings. The van der Waals surface area contributed by atoms with Crippen LogP contribution in [0.15, 0.2) is 41.1 Å². The van der Waals surface area contributed by atoms with E-state index in [0.717, 1.165) is 49.9 Å². The van der Waals surface area contributed by atoms with Gasteiger partial charge in [-0.15, -0.1) is 13.2 Å². The van der Waals surface area contributed by atoms with E-state index in [4.69, 9.17) is 14.0 Å². The summed E-state index contributed by atoms with van der Waals surface area (Å²) in [5.41, 5.74) is 2.58. The summed E-state index contributed by atoms with van der Waals surface area (Å²) in [7, 11) is 1.35. The molecular weight excluding hydrogens is 527 g/mol. The van der Waals surface area contributed by atoms with Crippen LogP contribution in [-0.4, -0.2) is 47.8 Å². The van der Waals surface area contributed by atoms with Gasteiger partial charge in [-0.1, -0.05) is 17.3 Å². The fraction of sp³-hybridized carbons (Fsp3) is 0.483. The zero-order chi connectivity index (χ0) is 28.0. The Hall–Kier alpha value is -3.60. The van der Waals surface area contributed by atoms with Crippen molar-refractivity contribution >= 4 is 11.8 Å². The number of ether oxygens (including phenoxy) is 3. The van der Waals surface area contributed by atoms with Crippen molar-refractivity contribution in [3.63, 3.8) is 0 Å². The minimum absolute atomic E-state index is 0.0279. The van der Waals surface area contributed by atoms with Crippen LogP contribution in [0.4, 0.5) is 19.0 Å². The van der Waals surface area contributed by atoms with Crippen molar-refractivity contribution in [1.82, 2.24) is 10.1 Å². The summed E-state index contributed by atoms with van der Waals surface area (Å²) in [4.78, 5) is 18.9. The molecule has 2 saturated heterocycles. The lowest BCUT2D eigenvalue weighted by Gasteiger charge is -2.40. The topological polar surface area (TPSA) is 86.9 Å². The van der Waals surface area contributed by atoms with Crippen LogP contribution >= 0.6 is 0 Å². The summed E-state index contributed by atoms with van der Waals surface area (Å²) in [5.74, 6) is 1.03. The number of esters is 1. The minimum Gasteiger partial charge on any atom is -0.465 e. The van der Waals surface area contributed by atoms with Gasteiger partial charge in [-0.05, 0) is 69.2 Å². The van der Waals surface area contributed by atoms with E-state index in [1.165, 1.54) is 19.2 Å². The van der Waals surface area contributed by atoms with Gasteiger partial charge in [0.25, 0.3) is 0 Å². The number of aryl methyl sites for hydroxylation is 1. The average molecular weight is 558 g/mol. The molecule has 6 rings (SSSR count). The summed E-state index contributed by atoms with van der Waals surface area (Å²) in [6, 6.07) is 8.26. The van der Waals surface area contributed by atoms with Gasteiger partial charge in [-0.25, -0.2) is 9.78 Å². The molecule has 40 heavy (non-hydrogen) atoms. The molecule has 1 saturated carbocycles. The quantitative estimate of drug-likeness (QED) is 0.297. The van der Waals surface area contributed by atoms with E-state index >= 15 is 0 Å². The molecule has 2 aromatic heterocycles. The van der Waals surface area contributed by atoms with Crippen LogP contribution in [0, 0.1) is 6.92 Å². The van der Waals surface area contributed by atoms with Crippen molar-refractivity contribution in [3.8, 4) is 17.0 Å². The number of benzene rings is 1. The second kappa shape index (κ2) is 10.4.